The number of nitrogens with one attached hydrogen (secondary N) is 1. The number of hydrogen-bond donors (Lipinski definition) is 2. The van der Waals surface area contributed by atoms with Crippen LogP contribution >= 0.6 is 0 Å². The molecular formula is C17H19FN2O. The molecule has 1 amide bonds. The van der Waals surface area contributed by atoms with Crippen LogP contribution in [0.25, 0.3) is 0 Å². The van der Waals surface area contributed by atoms with Gasteiger partial charge in [-0.05, 0) is 30.2 Å². The fourth-order valence-corrected chi connectivity index (χ4v) is 2.26. The molecule has 0 aromatic heterocycles. The van der Waals surface area contributed by atoms with Gasteiger partial charge in [0.1, 0.15) is 5.82 Å². The maximum atomic E-state index is 13.3. The van der Waals surface area contributed by atoms with Gasteiger partial charge in [0.05, 0.1) is 11.6 Å². The molecule has 3 nitrogen and oxygen atoms in total. The summed E-state index contributed by atoms with van der Waals surface area (Å²) in [6.07, 6.45) is 1.74. The van der Waals surface area contributed by atoms with Crippen molar-refractivity contribution >= 4 is 11.6 Å². The molecule has 0 fully saturated rings. The van der Waals surface area contributed by atoms with Gasteiger partial charge in [-0.15, -0.1) is 0 Å². The van der Waals surface area contributed by atoms with E-state index in [1.54, 1.807) is 0 Å². The van der Waals surface area contributed by atoms with Gasteiger partial charge >= 0.3 is 0 Å². The number of amides is 1. The smallest absolute Gasteiger partial charge is 0.253 e. The summed E-state index contributed by atoms with van der Waals surface area (Å²) in [4.78, 5) is 12.3. The van der Waals surface area contributed by atoms with Crippen molar-refractivity contribution in [3.8, 4) is 0 Å². The second-order valence-electron chi connectivity index (χ2n) is 4.96. The summed E-state index contributed by atoms with van der Waals surface area (Å²) in [5.74, 6) is -0.824. The summed E-state index contributed by atoms with van der Waals surface area (Å²) in [6.45, 7) is 2.05. The Labute approximate surface area is 124 Å². The average molecular weight is 286 g/mol. The predicted molar refractivity (Wildman–Crippen MR) is 82.4 cm³/mol. The first-order valence-corrected chi connectivity index (χ1v) is 7.02. The maximum Gasteiger partial charge on any atom is 0.253 e. The van der Waals surface area contributed by atoms with Crippen LogP contribution in [-0.4, -0.2) is 5.91 Å². The van der Waals surface area contributed by atoms with Crippen LogP contribution in [0.1, 0.15) is 41.7 Å². The number of anilines is 1. The van der Waals surface area contributed by atoms with Crippen LogP contribution in [-0.2, 0) is 0 Å². The number of benzene rings is 2. The molecule has 0 spiro atoms. The Morgan fingerprint density at radius 1 is 1.24 bits per heavy atom. The van der Waals surface area contributed by atoms with Gasteiger partial charge in [-0.2, -0.15) is 0 Å². The van der Waals surface area contributed by atoms with E-state index in [-0.39, 0.29) is 23.2 Å². The highest BCUT2D eigenvalue weighted by Crippen LogP contribution is 2.20. The Balaban J connectivity index is 2.20. The van der Waals surface area contributed by atoms with Gasteiger partial charge in [0.2, 0.25) is 0 Å². The third-order valence-corrected chi connectivity index (χ3v) is 3.34. The van der Waals surface area contributed by atoms with E-state index in [1.807, 2.05) is 30.3 Å². The van der Waals surface area contributed by atoms with E-state index in [0.717, 1.165) is 18.4 Å². The van der Waals surface area contributed by atoms with E-state index in [0.29, 0.717) is 0 Å². The fourth-order valence-electron chi connectivity index (χ4n) is 2.26. The van der Waals surface area contributed by atoms with Crippen molar-refractivity contribution in [2.24, 2.45) is 0 Å². The number of halogens is 1. The largest absolute Gasteiger partial charge is 0.398 e. The molecule has 3 N–H and O–H groups in total. The average Bonchev–Trinajstić information content (AvgIpc) is 2.50. The minimum Gasteiger partial charge on any atom is -0.398 e. The second kappa shape index (κ2) is 6.88. The number of hydrogen-bond acceptors (Lipinski definition) is 2. The van der Waals surface area contributed by atoms with Gasteiger partial charge in [0, 0.05) is 5.69 Å². The molecule has 0 aliphatic heterocycles. The third kappa shape index (κ3) is 3.81. The lowest BCUT2D eigenvalue weighted by atomic mass is 10.0. The zero-order chi connectivity index (χ0) is 15.2. The topological polar surface area (TPSA) is 55.1 Å². The van der Waals surface area contributed by atoms with E-state index in [2.05, 4.69) is 12.2 Å². The van der Waals surface area contributed by atoms with Crippen LogP contribution in [0, 0.1) is 5.82 Å². The standard InChI is InChI=1S/C17H19FN2O/c1-2-6-16(12-7-4-3-5-8-12)20-17(21)14-11-13(18)9-10-15(14)19/h3-5,7-11,16H,2,6,19H2,1H3,(H,20,21). The van der Waals surface area contributed by atoms with Crippen molar-refractivity contribution in [2.75, 3.05) is 5.73 Å². The lowest BCUT2D eigenvalue weighted by molar-refractivity contribution is 0.0935. The first kappa shape index (κ1) is 15.0. The van der Waals surface area contributed by atoms with Crippen molar-refractivity contribution in [1.29, 1.82) is 0 Å². The lowest BCUT2D eigenvalue weighted by Gasteiger charge is -2.19. The monoisotopic (exact) mass is 286 g/mol. The normalized spacial score (nSPS) is 11.9. The zero-order valence-corrected chi connectivity index (χ0v) is 12.0. The van der Waals surface area contributed by atoms with Gasteiger partial charge in [-0.25, -0.2) is 4.39 Å². The fraction of sp³-hybridized carbons (Fsp3) is 0.235. The molecule has 1 atom stereocenters. The van der Waals surface area contributed by atoms with E-state index in [1.165, 1.54) is 18.2 Å². The summed E-state index contributed by atoms with van der Waals surface area (Å²) < 4.78 is 13.3. The summed E-state index contributed by atoms with van der Waals surface area (Å²) in [7, 11) is 0. The maximum absolute atomic E-state index is 13.3. The Kier molecular flexibility index (Phi) is 4.93. The highest BCUT2D eigenvalue weighted by molar-refractivity contribution is 5.99. The zero-order valence-electron chi connectivity index (χ0n) is 12.0. The first-order valence-electron chi connectivity index (χ1n) is 7.02. The lowest BCUT2D eigenvalue weighted by Crippen LogP contribution is -2.29. The molecule has 2 aromatic carbocycles. The van der Waals surface area contributed by atoms with Crippen LogP contribution in [0.4, 0.5) is 10.1 Å². The molecule has 0 radical (unpaired) electrons. The van der Waals surface area contributed by atoms with E-state index >= 15 is 0 Å². The number of nitrogen functional groups attached to an aromatic ring is 1. The summed E-state index contributed by atoms with van der Waals surface area (Å²) in [6, 6.07) is 13.4. The second-order valence-corrected chi connectivity index (χ2v) is 4.96. The molecule has 0 saturated heterocycles. The number of rotatable bonds is 5. The molecule has 110 valence electrons. The highest BCUT2D eigenvalue weighted by Gasteiger charge is 2.17. The van der Waals surface area contributed by atoms with Crippen molar-refractivity contribution in [3.63, 3.8) is 0 Å². The van der Waals surface area contributed by atoms with Gasteiger partial charge in [-0.3, -0.25) is 4.79 Å². The molecule has 4 heteroatoms. The van der Waals surface area contributed by atoms with Crippen molar-refractivity contribution in [2.45, 2.75) is 25.8 Å². The number of nitrogens with two attached hydrogens (primary N) is 1. The van der Waals surface area contributed by atoms with Crippen LogP contribution in [0.2, 0.25) is 0 Å². The summed E-state index contributed by atoms with van der Waals surface area (Å²) in [5.41, 5.74) is 7.23. The Morgan fingerprint density at radius 2 is 1.95 bits per heavy atom. The SMILES string of the molecule is CCCC(NC(=O)c1cc(F)ccc1N)c1ccccc1. The quantitative estimate of drug-likeness (QED) is 0.824. The van der Waals surface area contributed by atoms with Crippen LogP contribution < -0.4 is 11.1 Å². The molecule has 0 bridgehead atoms. The van der Waals surface area contributed by atoms with E-state index < -0.39 is 5.82 Å². The Morgan fingerprint density at radius 3 is 2.62 bits per heavy atom. The van der Waals surface area contributed by atoms with E-state index in [4.69, 9.17) is 5.73 Å². The molecular weight excluding hydrogens is 267 g/mol. The molecule has 2 aromatic rings. The van der Waals surface area contributed by atoms with Crippen LogP contribution in [0.15, 0.2) is 48.5 Å². The molecule has 21 heavy (non-hydrogen) atoms. The van der Waals surface area contributed by atoms with Gasteiger partial charge in [0.25, 0.3) is 5.91 Å². The van der Waals surface area contributed by atoms with E-state index in [9.17, 15) is 9.18 Å². The van der Waals surface area contributed by atoms with Gasteiger partial charge < -0.3 is 11.1 Å². The molecule has 0 saturated carbocycles. The van der Waals surface area contributed by atoms with Crippen LogP contribution in [0.3, 0.4) is 0 Å². The molecule has 1 unspecified atom stereocenters. The summed E-state index contributed by atoms with van der Waals surface area (Å²) >= 11 is 0. The molecule has 0 heterocycles. The van der Waals surface area contributed by atoms with Gasteiger partial charge in [0.15, 0.2) is 0 Å². The van der Waals surface area contributed by atoms with Gasteiger partial charge in [-0.1, -0.05) is 43.7 Å². The highest BCUT2D eigenvalue weighted by atomic mass is 19.1. The summed E-state index contributed by atoms with van der Waals surface area (Å²) in [5, 5.41) is 2.93. The first-order chi connectivity index (χ1) is 10.1. The molecule has 0 aliphatic rings. The Bertz CT molecular complexity index is 613. The van der Waals surface area contributed by atoms with Crippen molar-refractivity contribution in [3.05, 3.63) is 65.5 Å². The predicted octanol–water partition coefficient (Wildman–Crippen LogP) is 3.68. The van der Waals surface area contributed by atoms with Crippen molar-refractivity contribution in [1.82, 2.24) is 5.32 Å². The number of carbonyl (C=O) groups excluding carboxylic acids is 1. The Hall–Kier alpha value is -2.36. The van der Waals surface area contributed by atoms with Crippen LogP contribution in [0.5, 0.6) is 0 Å². The molecule has 0 aliphatic carbocycles. The van der Waals surface area contributed by atoms with Crippen molar-refractivity contribution < 1.29 is 9.18 Å². The molecule has 2 rings (SSSR count). The number of carbonyl (C=O) groups is 1. The third-order valence-electron chi connectivity index (χ3n) is 3.34. The minimum atomic E-state index is -0.471. The minimum absolute atomic E-state index is 0.105.